The zero-order chi connectivity index (χ0) is 12.5. The average molecular weight is 243 g/mol. The Bertz CT molecular complexity index is 562. The highest BCUT2D eigenvalue weighted by atomic mass is 16.3. The molecule has 1 unspecified atom stereocenters. The van der Waals surface area contributed by atoms with E-state index in [9.17, 15) is 0 Å². The van der Waals surface area contributed by atoms with Gasteiger partial charge in [0.25, 0.3) is 0 Å². The van der Waals surface area contributed by atoms with Crippen molar-refractivity contribution in [2.75, 3.05) is 5.32 Å². The summed E-state index contributed by atoms with van der Waals surface area (Å²) >= 11 is 0. The Morgan fingerprint density at radius 3 is 2.94 bits per heavy atom. The highest BCUT2D eigenvalue weighted by molar-refractivity contribution is 5.49. The van der Waals surface area contributed by atoms with Gasteiger partial charge in [0.1, 0.15) is 23.7 Å². The van der Waals surface area contributed by atoms with Crippen LogP contribution in [0.15, 0.2) is 22.9 Å². The Labute approximate surface area is 106 Å². The predicted octanol–water partition coefficient (Wildman–Crippen LogP) is 3.04. The van der Waals surface area contributed by atoms with Crippen molar-refractivity contribution in [2.45, 2.75) is 39.2 Å². The first-order valence-electron chi connectivity index (χ1n) is 6.39. The summed E-state index contributed by atoms with van der Waals surface area (Å²) in [4.78, 5) is 8.69. The van der Waals surface area contributed by atoms with E-state index in [4.69, 9.17) is 4.42 Å². The van der Waals surface area contributed by atoms with E-state index in [2.05, 4.69) is 22.2 Å². The van der Waals surface area contributed by atoms with Crippen molar-refractivity contribution < 1.29 is 4.42 Å². The maximum Gasteiger partial charge on any atom is 0.133 e. The van der Waals surface area contributed by atoms with E-state index in [0.29, 0.717) is 0 Å². The minimum atomic E-state index is 0.123. The predicted molar refractivity (Wildman–Crippen MR) is 69.5 cm³/mol. The van der Waals surface area contributed by atoms with Crippen LogP contribution < -0.4 is 5.32 Å². The van der Waals surface area contributed by atoms with Crippen LogP contribution in [0, 0.1) is 6.92 Å². The van der Waals surface area contributed by atoms with E-state index >= 15 is 0 Å². The van der Waals surface area contributed by atoms with Gasteiger partial charge in [-0.25, -0.2) is 9.97 Å². The topological polar surface area (TPSA) is 51.0 Å². The zero-order valence-electron chi connectivity index (χ0n) is 10.7. The molecule has 4 heteroatoms. The molecule has 0 spiro atoms. The normalized spacial score (nSPS) is 15.4. The van der Waals surface area contributed by atoms with Crippen LogP contribution in [-0.4, -0.2) is 9.97 Å². The monoisotopic (exact) mass is 243 g/mol. The molecule has 0 aromatic carbocycles. The van der Waals surface area contributed by atoms with Gasteiger partial charge in [0.2, 0.25) is 0 Å². The third-order valence-electron chi connectivity index (χ3n) is 3.42. The molecule has 0 amide bonds. The second-order valence-electron chi connectivity index (χ2n) is 4.82. The van der Waals surface area contributed by atoms with Gasteiger partial charge >= 0.3 is 0 Å². The average Bonchev–Trinajstić information content (AvgIpc) is 2.97. The summed E-state index contributed by atoms with van der Waals surface area (Å²) < 4.78 is 5.63. The number of hydrogen-bond acceptors (Lipinski definition) is 4. The first-order chi connectivity index (χ1) is 8.74. The summed E-state index contributed by atoms with van der Waals surface area (Å²) in [5, 5.41) is 3.43. The molecule has 3 rings (SSSR count). The molecule has 4 nitrogen and oxygen atoms in total. The molecule has 0 fully saturated rings. The van der Waals surface area contributed by atoms with Crippen molar-refractivity contribution in [3.63, 3.8) is 0 Å². The van der Waals surface area contributed by atoms with Crippen molar-refractivity contribution >= 4 is 5.82 Å². The fraction of sp³-hybridized carbons (Fsp3) is 0.429. The van der Waals surface area contributed by atoms with Crippen molar-refractivity contribution in [1.82, 2.24) is 9.97 Å². The number of aryl methyl sites for hydroxylation is 2. The van der Waals surface area contributed by atoms with Crippen molar-refractivity contribution in [2.24, 2.45) is 0 Å². The molecule has 0 saturated heterocycles. The minimum Gasteiger partial charge on any atom is -0.464 e. The molecule has 0 radical (unpaired) electrons. The molecule has 0 bridgehead atoms. The lowest BCUT2D eigenvalue weighted by atomic mass is 10.2. The molecule has 0 aliphatic heterocycles. The van der Waals surface area contributed by atoms with Crippen LogP contribution in [0.2, 0.25) is 0 Å². The lowest BCUT2D eigenvalue weighted by Gasteiger charge is -2.14. The van der Waals surface area contributed by atoms with Crippen LogP contribution in [0.25, 0.3) is 0 Å². The maximum absolute atomic E-state index is 5.63. The first kappa shape index (κ1) is 11.3. The maximum atomic E-state index is 5.63. The second-order valence-corrected chi connectivity index (χ2v) is 4.82. The first-order valence-corrected chi connectivity index (χ1v) is 6.39. The highest BCUT2D eigenvalue weighted by Crippen LogP contribution is 2.28. The third kappa shape index (κ3) is 1.98. The van der Waals surface area contributed by atoms with E-state index in [1.165, 1.54) is 17.7 Å². The molecule has 2 heterocycles. The molecule has 1 N–H and O–H groups in total. The van der Waals surface area contributed by atoms with Crippen molar-refractivity contribution in [3.8, 4) is 0 Å². The van der Waals surface area contributed by atoms with Crippen LogP contribution >= 0.6 is 0 Å². The molecule has 1 atom stereocenters. The van der Waals surface area contributed by atoms with Gasteiger partial charge in [-0.1, -0.05) is 0 Å². The second kappa shape index (κ2) is 4.44. The fourth-order valence-electron chi connectivity index (χ4n) is 2.45. The van der Waals surface area contributed by atoms with Gasteiger partial charge in [-0.3, -0.25) is 0 Å². The van der Waals surface area contributed by atoms with Gasteiger partial charge < -0.3 is 9.73 Å². The van der Waals surface area contributed by atoms with Crippen molar-refractivity contribution in [1.29, 1.82) is 0 Å². The number of fused-ring (bicyclic) bond motifs is 1. The van der Waals surface area contributed by atoms with Gasteiger partial charge in [0, 0.05) is 11.3 Å². The zero-order valence-corrected chi connectivity index (χ0v) is 10.7. The SMILES string of the molecule is Cc1ccc(C(C)Nc2ncnc3c2CCC3)o1. The quantitative estimate of drug-likeness (QED) is 0.900. The summed E-state index contributed by atoms with van der Waals surface area (Å²) in [5.41, 5.74) is 2.46. The molecule has 18 heavy (non-hydrogen) atoms. The molecule has 1 aliphatic carbocycles. The highest BCUT2D eigenvalue weighted by Gasteiger charge is 2.19. The molecule has 0 saturated carbocycles. The standard InChI is InChI=1S/C14H17N3O/c1-9-6-7-13(18-9)10(2)17-14-11-4-3-5-12(11)15-8-16-14/h6-8,10H,3-5H2,1-2H3,(H,15,16,17). The summed E-state index contributed by atoms with van der Waals surface area (Å²) in [6, 6.07) is 4.12. The van der Waals surface area contributed by atoms with Crippen LogP contribution in [0.4, 0.5) is 5.82 Å². The Balaban J connectivity index is 1.83. The van der Waals surface area contributed by atoms with E-state index in [1.807, 2.05) is 19.1 Å². The van der Waals surface area contributed by atoms with Gasteiger partial charge in [0.05, 0.1) is 6.04 Å². The van der Waals surface area contributed by atoms with Crippen molar-refractivity contribution in [3.05, 3.63) is 41.2 Å². The molecular formula is C14H17N3O. The Morgan fingerprint density at radius 2 is 2.17 bits per heavy atom. The Kier molecular flexibility index (Phi) is 2.78. The van der Waals surface area contributed by atoms with Gasteiger partial charge in [0.15, 0.2) is 0 Å². The van der Waals surface area contributed by atoms with Crippen LogP contribution in [0.1, 0.15) is 42.2 Å². The van der Waals surface area contributed by atoms with Crippen LogP contribution in [0.5, 0.6) is 0 Å². The summed E-state index contributed by atoms with van der Waals surface area (Å²) in [5.74, 6) is 2.84. The molecule has 94 valence electrons. The summed E-state index contributed by atoms with van der Waals surface area (Å²) in [6.45, 7) is 4.04. The number of rotatable bonds is 3. The molecular weight excluding hydrogens is 226 g/mol. The summed E-state index contributed by atoms with van der Waals surface area (Å²) in [7, 11) is 0. The number of hydrogen-bond donors (Lipinski definition) is 1. The molecule has 2 aromatic heterocycles. The largest absolute Gasteiger partial charge is 0.464 e. The lowest BCUT2D eigenvalue weighted by Crippen LogP contribution is -2.09. The fourth-order valence-corrected chi connectivity index (χ4v) is 2.45. The van der Waals surface area contributed by atoms with E-state index in [-0.39, 0.29) is 6.04 Å². The van der Waals surface area contributed by atoms with Crippen LogP contribution in [0.3, 0.4) is 0 Å². The smallest absolute Gasteiger partial charge is 0.133 e. The number of furan rings is 1. The van der Waals surface area contributed by atoms with Crippen LogP contribution in [-0.2, 0) is 12.8 Å². The van der Waals surface area contributed by atoms with Gasteiger partial charge in [-0.05, 0) is 45.2 Å². The summed E-state index contributed by atoms with van der Waals surface area (Å²) in [6.07, 6.45) is 4.97. The minimum absolute atomic E-state index is 0.123. The van der Waals surface area contributed by atoms with Gasteiger partial charge in [-0.2, -0.15) is 0 Å². The Morgan fingerprint density at radius 1 is 1.28 bits per heavy atom. The number of aromatic nitrogens is 2. The number of anilines is 1. The molecule has 2 aromatic rings. The van der Waals surface area contributed by atoms with E-state index in [0.717, 1.165) is 30.2 Å². The number of nitrogens with zero attached hydrogens (tertiary/aromatic N) is 2. The van der Waals surface area contributed by atoms with E-state index in [1.54, 1.807) is 6.33 Å². The van der Waals surface area contributed by atoms with Gasteiger partial charge in [-0.15, -0.1) is 0 Å². The lowest BCUT2D eigenvalue weighted by molar-refractivity contribution is 0.466. The Hall–Kier alpha value is -1.84. The number of nitrogens with one attached hydrogen (secondary N) is 1. The third-order valence-corrected chi connectivity index (χ3v) is 3.42. The molecule has 1 aliphatic rings. The van der Waals surface area contributed by atoms with E-state index < -0.39 is 0 Å².